The molecule has 0 fully saturated rings. The van der Waals surface area contributed by atoms with E-state index in [1.54, 1.807) is 0 Å². The maximum absolute atomic E-state index is 3.26. The zero-order chi connectivity index (χ0) is 12.0. The first-order valence-electron chi connectivity index (χ1n) is 6.15. The Balaban J connectivity index is 0.000000284. The summed E-state index contributed by atoms with van der Waals surface area (Å²) in [6.07, 6.45) is 17.2. The maximum Gasteiger partial charge on any atom is 2.00 e. The van der Waals surface area contributed by atoms with E-state index in [-0.39, 0.29) is 16.5 Å². The van der Waals surface area contributed by atoms with E-state index in [2.05, 4.69) is 64.2 Å². The van der Waals surface area contributed by atoms with Gasteiger partial charge in [-0.15, -0.1) is 12.8 Å². The smallest absolute Gasteiger partial charge is 0.269 e. The first kappa shape index (κ1) is 16.5. The summed E-state index contributed by atoms with van der Waals surface area (Å²) >= 11 is 0. The monoisotopic (exact) mass is 272 g/mol. The van der Waals surface area contributed by atoms with Crippen LogP contribution in [0.4, 0.5) is 0 Å². The largest absolute Gasteiger partial charge is 2.00 e. The number of allylic oxidation sites excluding steroid dienone is 8. The molecule has 0 unspecified atom stereocenters. The molecule has 1 heteroatoms. The predicted octanol–water partition coefficient (Wildman–Crippen LogP) is 4.66. The van der Waals surface area contributed by atoms with Crippen molar-refractivity contribution in [3.8, 4) is 0 Å². The van der Waals surface area contributed by atoms with Crippen LogP contribution in [0.2, 0.25) is 0 Å². The Bertz CT molecular complexity index is 293. The van der Waals surface area contributed by atoms with E-state index in [0.717, 1.165) is 12.8 Å². The van der Waals surface area contributed by atoms with Crippen molar-refractivity contribution in [2.75, 3.05) is 0 Å². The number of hydrogen-bond acceptors (Lipinski definition) is 0. The van der Waals surface area contributed by atoms with E-state index in [1.165, 1.54) is 11.1 Å². The molecule has 0 spiro atoms. The summed E-state index contributed by atoms with van der Waals surface area (Å²) in [5, 5.41) is 0. The van der Waals surface area contributed by atoms with Gasteiger partial charge in [-0.1, -0.05) is 39.5 Å². The molecule has 0 nitrogen and oxygen atoms in total. The van der Waals surface area contributed by atoms with E-state index in [1.807, 2.05) is 0 Å². The fourth-order valence-corrected chi connectivity index (χ4v) is 1.64. The Morgan fingerprint density at radius 3 is 1.29 bits per heavy atom. The fraction of sp³-hybridized carbons (Fsp3) is 0.500. The van der Waals surface area contributed by atoms with E-state index < -0.39 is 0 Å². The van der Waals surface area contributed by atoms with Gasteiger partial charge in [0.2, 0.25) is 0 Å². The van der Waals surface area contributed by atoms with Crippen LogP contribution in [0.3, 0.4) is 0 Å². The van der Waals surface area contributed by atoms with Gasteiger partial charge in [0.1, 0.15) is 0 Å². The second kappa shape index (κ2) is 8.53. The average Bonchev–Trinajstić information content (AvgIpc) is 2.93. The molecular weight excluding hydrogens is 251 g/mol. The summed E-state index contributed by atoms with van der Waals surface area (Å²) in [5.74, 6) is 1.32. The zero-order valence-electron chi connectivity index (χ0n) is 11.2. The molecule has 0 radical (unpaired) electrons. The summed E-state index contributed by atoms with van der Waals surface area (Å²) in [6, 6.07) is 0. The summed E-state index contributed by atoms with van der Waals surface area (Å²) in [5.41, 5.74) is 2.73. The van der Waals surface area contributed by atoms with Crippen molar-refractivity contribution < 1.29 is 16.5 Å². The molecule has 0 saturated heterocycles. The Morgan fingerprint density at radius 1 is 0.824 bits per heavy atom. The van der Waals surface area contributed by atoms with E-state index >= 15 is 0 Å². The molecule has 96 valence electrons. The molecule has 2 aliphatic rings. The van der Waals surface area contributed by atoms with Crippen LogP contribution >= 0.6 is 0 Å². The number of hydrogen-bond donors (Lipinski definition) is 0. The van der Waals surface area contributed by atoms with Gasteiger partial charge >= 0.3 is 16.5 Å². The third kappa shape index (κ3) is 6.08. The second-order valence-electron chi connectivity index (χ2n) is 4.79. The Kier molecular flexibility index (Phi) is 8.26. The van der Waals surface area contributed by atoms with Crippen molar-refractivity contribution in [2.24, 2.45) is 11.8 Å². The molecule has 2 rings (SSSR count). The van der Waals surface area contributed by atoms with Gasteiger partial charge in [0, 0.05) is 0 Å². The summed E-state index contributed by atoms with van der Waals surface area (Å²) in [6.45, 7) is 8.77. The first-order chi connectivity index (χ1) is 7.61. The van der Waals surface area contributed by atoms with Crippen molar-refractivity contribution in [1.29, 1.82) is 0 Å². The summed E-state index contributed by atoms with van der Waals surface area (Å²) in [7, 11) is 0. The van der Waals surface area contributed by atoms with Gasteiger partial charge in [0.25, 0.3) is 0 Å². The molecule has 2 aliphatic carbocycles. The van der Waals surface area contributed by atoms with Crippen molar-refractivity contribution in [3.63, 3.8) is 0 Å². The molecular formula is C16H22Ni. The third-order valence-electron chi connectivity index (χ3n) is 2.69. The minimum atomic E-state index is 0. The quantitative estimate of drug-likeness (QED) is 0.507. The normalized spacial score (nSPS) is 16.6. The Labute approximate surface area is 116 Å². The van der Waals surface area contributed by atoms with E-state index in [0.29, 0.717) is 11.8 Å². The van der Waals surface area contributed by atoms with Gasteiger partial charge < -0.3 is 0 Å². The average molecular weight is 273 g/mol. The van der Waals surface area contributed by atoms with Gasteiger partial charge in [-0.2, -0.15) is 12.2 Å². The Hall–Kier alpha value is -0.546. The van der Waals surface area contributed by atoms with Gasteiger partial charge in [-0.3, -0.25) is 12.2 Å². The minimum Gasteiger partial charge on any atom is -0.269 e. The molecule has 0 N–H and O–H groups in total. The van der Waals surface area contributed by atoms with Gasteiger partial charge in [0.15, 0.2) is 0 Å². The summed E-state index contributed by atoms with van der Waals surface area (Å²) < 4.78 is 0. The van der Waals surface area contributed by atoms with Gasteiger partial charge in [0.05, 0.1) is 0 Å². The SMILES string of the molecule is CC(C)C1=[C-]CC=C1.CC(C)C1=[C-]CC=C1.[Ni+2]. The molecule has 0 aliphatic heterocycles. The topological polar surface area (TPSA) is 0 Å². The van der Waals surface area contributed by atoms with Crippen LogP contribution in [-0.2, 0) is 16.5 Å². The van der Waals surface area contributed by atoms with Crippen molar-refractivity contribution >= 4 is 0 Å². The number of rotatable bonds is 2. The third-order valence-corrected chi connectivity index (χ3v) is 2.69. The van der Waals surface area contributed by atoms with Crippen molar-refractivity contribution in [2.45, 2.75) is 40.5 Å². The second-order valence-corrected chi connectivity index (χ2v) is 4.79. The predicted molar refractivity (Wildman–Crippen MR) is 70.7 cm³/mol. The van der Waals surface area contributed by atoms with Crippen molar-refractivity contribution in [1.82, 2.24) is 0 Å². The van der Waals surface area contributed by atoms with Crippen LogP contribution in [0.15, 0.2) is 35.5 Å². The van der Waals surface area contributed by atoms with Crippen LogP contribution in [0, 0.1) is 24.0 Å². The van der Waals surface area contributed by atoms with Crippen molar-refractivity contribution in [3.05, 3.63) is 47.6 Å². The molecule has 0 saturated carbocycles. The van der Waals surface area contributed by atoms with E-state index in [9.17, 15) is 0 Å². The molecule has 0 aromatic rings. The molecule has 0 amide bonds. The zero-order valence-corrected chi connectivity index (χ0v) is 12.2. The van der Waals surface area contributed by atoms with Crippen LogP contribution in [0.5, 0.6) is 0 Å². The van der Waals surface area contributed by atoms with Crippen LogP contribution in [0.25, 0.3) is 0 Å². The standard InChI is InChI=1S/2C8H11.Ni/c2*1-7(2)8-5-3-4-6-8;/h2*3,5,7H,4H2,1-2H3;/q2*-1;+2. The molecule has 17 heavy (non-hydrogen) atoms. The van der Waals surface area contributed by atoms with Gasteiger partial charge in [-0.25, -0.2) is 23.3 Å². The van der Waals surface area contributed by atoms with Gasteiger partial charge in [-0.05, 0) is 0 Å². The van der Waals surface area contributed by atoms with Crippen LogP contribution in [0.1, 0.15) is 40.5 Å². The molecule has 0 aromatic carbocycles. The molecule has 0 bridgehead atoms. The Morgan fingerprint density at radius 2 is 1.18 bits per heavy atom. The molecule has 0 aromatic heterocycles. The fourth-order valence-electron chi connectivity index (χ4n) is 1.64. The maximum atomic E-state index is 3.26. The molecule has 0 atom stereocenters. The minimum absolute atomic E-state index is 0. The summed E-state index contributed by atoms with van der Waals surface area (Å²) in [4.78, 5) is 0. The van der Waals surface area contributed by atoms with Crippen LogP contribution < -0.4 is 0 Å². The first-order valence-corrected chi connectivity index (χ1v) is 6.15. The van der Waals surface area contributed by atoms with E-state index in [4.69, 9.17) is 0 Å². The van der Waals surface area contributed by atoms with Crippen LogP contribution in [-0.4, -0.2) is 0 Å². The molecule has 0 heterocycles.